The molecule has 0 amide bonds. The average Bonchev–Trinajstić information content (AvgIpc) is 2.74. The number of methoxy groups -OCH3 is 1. The van der Waals surface area contributed by atoms with Crippen molar-refractivity contribution in [2.75, 3.05) is 7.11 Å². The average molecular weight is 448 g/mol. The van der Waals surface area contributed by atoms with Crippen LogP contribution in [0.25, 0.3) is 0 Å². The first-order valence-corrected chi connectivity index (χ1v) is 9.92. The van der Waals surface area contributed by atoms with Gasteiger partial charge >= 0.3 is 11.9 Å². The number of carboxylic acid groups (broad SMARTS) is 1. The van der Waals surface area contributed by atoms with Gasteiger partial charge in [-0.25, -0.2) is 4.79 Å². The Balaban J connectivity index is 1.77. The van der Waals surface area contributed by atoms with E-state index in [1.54, 1.807) is 25.3 Å². The van der Waals surface area contributed by atoms with E-state index < -0.39 is 17.9 Å². The smallest absolute Gasteiger partial charge is 0.341 e. The summed E-state index contributed by atoms with van der Waals surface area (Å²) >= 11 is 12.1. The number of carbonyl (C=O) groups excluding carboxylic acids is 1. The van der Waals surface area contributed by atoms with Crippen molar-refractivity contribution in [3.8, 4) is 11.5 Å². The van der Waals surface area contributed by atoms with Crippen molar-refractivity contribution in [2.45, 2.75) is 19.3 Å². The van der Waals surface area contributed by atoms with Crippen LogP contribution in [0.2, 0.25) is 10.0 Å². The van der Waals surface area contributed by atoms with E-state index in [1.807, 2.05) is 24.3 Å². The molecule has 2 aromatic carbocycles. The summed E-state index contributed by atoms with van der Waals surface area (Å²) in [5.41, 5.74) is 1.58. The molecule has 1 atom stereocenters. The highest BCUT2D eigenvalue weighted by atomic mass is 35.5. The molecular weight excluding hydrogens is 429 g/mol. The summed E-state index contributed by atoms with van der Waals surface area (Å²) in [5, 5.41) is 10.0. The monoisotopic (exact) mass is 447 g/mol. The topological polar surface area (TPSA) is 85.2 Å². The lowest BCUT2D eigenvalue weighted by Crippen LogP contribution is -2.29. The zero-order valence-electron chi connectivity index (χ0n) is 16.1. The second kappa shape index (κ2) is 9.78. The van der Waals surface area contributed by atoms with Crippen molar-refractivity contribution >= 4 is 40.9 Å². The van der Waals surface area contributed by atoms with Gasteiger partial charge in [0, 0.05) is 11.9 Å². The van der Waals surface area contributed by atoms with Gasteiger partial charge in [-0.3, -0.25) is 9.79 Å². The maximum atomic E-state index is 12.5. The minimum absolute atomic E-state index is 0.0268. The summed E-state index contributed by atoms with van der Waals surface area (Å²) in [6.45, 7) is 0. The number of rotatable bonds is 7. The molecule has 0 spiro atoms. The Labute approximate surface area is 183 Å². The van der Waals surface area contributed by atoms with E-state index in [0.29, 0.717) is 18.6 Å². The molecule has 1 N–H and O–H groups in total. The standard InChI is InChI=1S/C22H19Cl2NO5/c1-29-19-8-3-2-5-13(19)9-10-18-15(21(26)27)11-14(12-25-18)22(28)30-20-16(23)6-4-7-17(20)24/h2-8,12,15H,9-11H2,1H3,(H,26,27). The minimum atomic E-state index is -1.05. The summed E-state index contributed by atoms with van der Waals surface area (Å²) in [6.07, 6.45) is 2.31. The van der Waals surface area contributed by atoms with Crippen LogP contribution in [-0.4, -0.2) is 29.9 Å². The summed E-state index contributed by atoms with van der Waals surface area (Å²) < 4.78 is 10.6. The van der Waals surface area contributed by atoms with Gasteiger partial charge in [0.15, 0.2) is 5.75 Å². The van der Waals surface area contributed by atoms with Gasteiger partial charge in [-0.15, -0.1) is 0 Å². The number of aliphatic carboxylic acids is 1. The Morgan fingerprint density at radius 2 is 1.80 bits per heavy atom. The van der Waals surface area contributed by atoms with Crippen LogP contribution in [0.4, 0.5) is 0 Å². The highest BCUT2D eigenvalue weighted by Gasteiger charge is 2.31. The second-order valence-corrected chi connectivity index (χ2v) is 7.44. The van der Waals surface area contributed by atoms with Crippen LogP contribution in [-0.2, 0) is 16.0 Å². The number of ether oxygens (including phenoxy) is 2. The molecule has 6 nitrogen and oxygen atoms in total. The van der Waals surface area contributed by atoms with Crippen molar-refractivity contribution in [1.29, 1.82) is 0 Å². The van der Waals surface area contributed by atoms with Crippen molar-refractivity contribution < 1.29 is 24.2 Å². The van der Waals surface area contributed by atoms with Crippen molar-refractivity contribution in [1.82, 2.24) is 0 Å². The van der Waals surface area contributed by atoms with Gasteiger partial charge in [-0.1, -0.05) is 47.5 Å². The first kappa shape index (κ1) is 21.9. The Kier molecular flexibility index (Phi) is 7.13. The molecule has 2 aromatic rings. The number of esters is 1. The summed E-state index contributed by atoms with van der Waals surface area (Å²) in [7, 11) is 1.59. The molecule has 0 aliphatic carbocycles. The predicted molar refractivity (Wildman–Crippen MR) is 115 cm³/mol. The first-order valence-electron chi connectivity index (χ1n) is 9.17. The fourth-order valence-electron chi connectivity index (χ4n) is 3.16. The van der Waals surface area contributed by atoms with E-state index in [2.05, 4.69) is 4.99 Å². The van der Waals surface area contributed by atoms with E-state index in [9.17, 15) is 14.7 Å². The van der Waals surface area contributed by atoms with Gasteiger partial charge < -0.3 is 14.6 Å². The molecule has 1 heterocycles. The summed E-state index contributed by atoms with van der Waals surface area (Å²) in [6, 6.07) is 12.2. The number of carboxylic acids is 1. The quantitative estimate of drug-likeness (QED) is 0.478. The van der Waals surface area contributed by atoms with Gasteiger partial charge in [0.05, 0.1) is 28.6 Å². The van der Waals surface area contributed by atoms with Gasteiger partial charge in [0.2, 0.25) is 0 Å². The molecule has 0 aromatic heterocycles. The van der Waals surface area contributed by atoms with E-state index >= 15 is 0 Å². The largest absolute Gasteiger partial charge is 0.496 e. The lowest BCUT2D eigenvalue weighted by Gasteiger charge is -2.20. The number of nitrogens with zero attached hydrogens (tertiary/aromatic N) is 1. The first-order chi connectivity index (χ1) is 14.4. The summed E-state index contributed by atoms with van der Waals surface area (Å²) in [5.74, 6) is -1.94. The molecule has 8 heteroatoms. The molecule has 1 unspecified atom stereocenters. The van der Waals surface area contributed by atoms with Crippen LogP contribution in [0.5, 0.6) is 11.5 Å². The number of aryl methyl sites for hydroxylation is 1. The Bertz CT molecular complexity index is 1010. The minimum Gasteiger partial charge on any atom is -0.496 e. The van der Waals surface area contributed by atoms with Crippen LogP contribution in [0, 0.1) is 5.92 Å². The molecule has 1 aliphatic rings. The fraction of sp³-hybridized carbons (Fsp3) is 0.227. The van der Waals surface area contributed by atoms with Crippen LogP contribution < -0.4 is 9.47 Å². The molecule has 30 heavy (non-hydrogen) atoms. The molecule has 156 valence electrons. The number of hydrogen-bond acceptors (Lipinski definition) is 5. The number of aliphatic imine (C=N–C) groups is 1. The van der Waals surface area contributed by atoms with Crippen LogP contribution >= 0.6 is 23.2 Å². The number of halogens is 2. The Morgan fingerprint density at radius 1 is 1.10 bits per heavy atom. The fourth-order valence-corrected chi connectivity index (χ4v) is 3.63. The highest BCUT2D eigenvalue weighted by molar-refractivity contribution is 6.37. The predicted octanol–water partition coefficient (Wildman–Crippen LogP) is 4.97. The zero-order valence-corrected chi connectivity index (χ0v) is 17.6. The zero-order chi connectivity index (χ0) is 21.7. The molecular formula is C22H19Cl2NO5. The maximum absolute atomic E-state index is 12.5. The van der Waals surface area contributed by atoms with Crippen LogP contribution in [0.15, 0.2) is 59.2 Å². The second-order valence-electron chi connectivity index (χ2n) is 6.62. The van der Waals surface area contributed by atoms with Gasteiger partial charge in [-0.2, -0.15) is 0 Å². The number of para-hydroxylation sites is 2. The van der Waals surface area contributed by atoms with Gasteiger partial charge in [0.1, 0.15) is 5.75 Å². The lowest BCUT2D eigenvalue weighted by atomic mass is 9.89. The molecule has 0 saturated carbocycles. The lowest BCUT2D eigenvalue weighted by molar-refractivity contribution is -0.139. The molecule has 0 saturated heterocycles. The third kappa shape index (κ3) is 5.01. The van der Waals surface area contributed by atoms with Crippen LogP contribution in [0.1, 0.15) is 18.4 Å². The molecule has 1 aliphatic heterocycles. The number of benzene rings is 2. The normalized spacial score (nSPS) is 15.8. The molecule has 0 fully saturated rings. The van der Waals surface area contributed by atoms with Crippen molar-refractivity contribution in [3.63, 3.8) is 0 Å². The highest BCUT2D eigenvalue weighted by Crippen LogP contribution is 2.34. The van der Waals surface area contributed by atoms with E-state index in [0.717, 1.165) is 11.3 Å². The van der Waals surface area contributed by atoms with E-state index in [4.69, 9.17) is 32.7 Å². The van der Waals surface area contributed by atoms with E-state index in [-0.39, 0.29) is 27.8 Å². The van der Waals surface area contributed by atoms with Crippen molar-refractivity contribution in [3.05, 3.63) is 69.8 Å². The molecule has 0 radical (unpaired) electrons. The number of hydrogen-bond donors (Lipinski definition) is 1. The third-order valence-electron chi connectivity index (χ3n) is 4.73. The SMILES string of the molecule is COc1ccccc1CCC1=NC=C(C(=O)Oc2c(Cl)cccc2Cl)CC1C(=O)O. The molecule has 0 bridgehead atoms. The van der Waals surface area contributed by atoms with Crippen molar-refractivity contribution in [2.24, 2.45) is 10.9 Å². The summed E-state index contributed by atoms with van der Waals surface area (Å²) in [4.78, 5) is 28.6. The maximum Gasteiger partial charge on any atom is 0.341 e. The molecule has 3 rings (SSSR count). The van der Waals surface area contributed by atoms with Crippen LogP contribution in [0.3, 0.4) is 0 Å². The van der Waals surface area contributed by atoms with Gasteiger partial charge in [0.25, 0.3) is 0 Å². The Hall–Kier alpha value is -2.83. The number of carbonyl (C=O) groups is 2. The third-order valence-corrected chi connectivity index (χ3v) is 5.32. The van der Waals surface area contributed by atoms with E-state index in [1.165, 1.54) is 6.20 Å². The Morgan fingerprint density at radius 3 is 2.47 bits per heavy atom. The van der Waals surface area contributed by atoms with Gasteiger partial charge in [-0.05, 0) is 43.0 Å².